The van der Waals surface area contributed by atoms with E-state index >= 15 is 0 Å². The van der Waals surface area contributed by atoms with Gasteiger partial charge in [0, 0.05) is 26.0 Å². The van der Waals surface area contributed by atoms with E-state index in [0.717, 1.165) is 19.3 Å². The van der Waals surface area contributed by atoms with Crippen molar-refractivity contribution in [2.24, 2.45) is 11.8 Å². The molecule has 0 bridgehead atoms. The quantitative estimate of drug-likeness (QED) is 0.662. The number of amides is 1. The van der Waals surface area contributed by atoms with Gasteiger partial charge in [-0.15, -0.1) is 12.3 Å². The molecule has 3 heteroatoms. The Morgan fingerprint density at radius 3 is 2.87 bits per heavy atom. The zero-order chi connectivity index (χ0) is 11.1. The Morgan fingerprint density at radius 1 is 1.47 bits per heavy atom. The zero-order valence-corrected chi connectivity index (χ0v) is 9.04. The third kappa shape index (κ3) is 3.93. The van der Waals surface area contributed by atoms with Gasteiger partial charge in [-0.05, 0) is 24.7 Å². The van der Waals surface area contributed by atoms with E-state index in [2.05, 4.69) is 11.2 Å². The van der Waals surface area contributed by atoms with Gasteiger partial charge in [-0.1, -0.05) is 6.42 Å². The zero-order valence-electron chi connectivity index (χ0n) is 9.04. The molecule has 15 heavy (non-hydrogen) atoms. The van der Waals surface area contributed by atoms with Crippen LogP contribution in [0.5, 0.6) is 0 Å². The Morgan fingerprint density at radius 2 is 2.20 bits per heavy atom. The summed E-state index contributed by atoms with van der Waals surface area (Å²) in [5.74, 6) is 3.29. The molecular weight excluding hydrogens is 190 g/mol. The summed E-state index contributed by atoms with van der Waals surface area (Å²) in [7, 11) is 0. The third-order valence-corrected chi connectivity index (χ3v) is 3.11. The first-order chi connectivity index (χ1) is 7.27. The van der Waals surface area contributed by atoms with E-state index in [9.17, 15) is 4.79 Å². The lowest BCUT2D eigenvalue weighted by Crippen LogP contribution is -2.31. The van der Waals surface area contributed by atoms with E-state index < -0.39 is 0 Å². The molecule has 1 aliphatic carbocycles. The summed E-state index contributed by atoms with van der Waals surface area (Å²) in [6, 6.07) is 0. The molecule has 1 aliphatic rings. The van der Waals surface area contributed by atoms with Crippen molar-refractivity contribution in [1.82, 2.24) is 5.32 Å². The SMILES string of the molecule is C#CCCC(=O)NCC1CCCC1CO. The molecule has 0 saturated heterocycles. The Hall–Kier alpha value is -1.01. The minimum Gasteiger partial charge on any atom is -0.396 e. The fraction of sp³-hybridized carbons (Fsp3) is 0.750. The Balaban J connectivity index is 2.19. The van der Waals surface area contributed by atoms with Crippen molar-refractivity contribution in [1.29, 1.82) is 0 Å². The third-order valence-electron chi connectivity index (χ3n) is 3.11. The van der Waals surface area contributed by atoms with Gasteiger partial charge in [-0.25, -0.2) is 0 Å². The van der Waals surface area contributed by atoms with Crippen molar-refractivity contribution in [3.63, 3.8) is 0 Å². The highest BCUT2D eigenvalue weighted by atomic mass is 16.3. The second-order valence-electron chi connectivity index (χ2n) is 4.14. The van der Waals surface area contributed by atoms with Crippen LogP contribution >= 0.6 is 0 Å². The number of hydrogen-bond donors (Lipinski definition) is 2. The molecule has 2 unspecified atom stereocenters. The van der Waals surface area contributed by atoms with Crippen LogP contribution < -0.4 is 5.32 Å². The minimum atomic E-state index is 0.0246. The lowest BCUT2D eigenvalue weighted by Gasteiger charge is -2.17. The average molecular weight is 209 g/mol. The van der Waals surface area contributed by atoms with Crippen molar-refractivity contribution in [3.8, 4) is 12.3 Å². The molecule has 0 radical (unpaired) electrons. The maximum Gasteiger partial charge on any atom is 0.220 e. The van der Waals surface area contributed by atoms with Crippen molar-refractivity contribution in [3.05, 3.63) is 0 Å². The fourth-order valence-corrected chi connectivity index (χ4v) is 2.14. The maximum absolute atomic E-state index is 11.3. The van der Waals surface area contributed by atoms with Crippen LogP contribution in [0.4, 0.5) is 0 Å². The van der Waals surface area contributed by atoms with Crippen LogP contribution in [0.2, 0.25) is 0 Å². The highest BCUT2D eigenvalue weighted by Gasteiger charge is 2.26. The van der Waals surface area contributed by atoms with Crippen molar-refractivity contribution in [2.75, 3.05) is 13.2 Å². The lowest BCUT2D eigenvalue weighted by molar-refractivity contribution is -0.121. The summed E-state index contributed by atoms with van der Waals surface area (Å²) in [5, 5.41) is 12.0. The highest BCUT2D eigenvalue weighted by molar-refractivity contribution is 5.76. The first-order valence-corrected chi connectivity index (χ1v) is 5.59. The number of aliphatic hydroxyl groups excluding tert-OH is 1. The Labute approximate surface area is 91.3 Å². The molecule has 3 nitrogen and oxygen atoms in total. The molecule has 1 saturated carbocycles. The van der Waals surface area contributed by atoms with E-state index in [-0.39, 0.29) is 12.5 Å². The lowest BCUT2D eigenvalue weighted by atomic mass is 9.97. The number of hydrogen-bond acceptors (Lipinski definition) is 2. The van der Waals surface area contributed by atoms with E-state index in [4.69, 9.17) is 11.5 Å². The molecule has 0 aliphatic heterocycles. The van der Waals surface area contributed by atoms with Gasteiger partial charge in [-0.3, -0.25) is 4.79 Å². The number of carbonyl (C=O) groups is 1. The smallest absolute Gasteiger partial charge is 0.220 e. The standard InChI is InChI=1S/C12H19NO2/c1-2-3-7-12(15)13-8-10-5-4-6-11(10)9-14/h1,10-11,14H,3-9H2,(H,13,15). The number of rotatable bonds is 5. The summed E-state index contributed by atoms with van der Waals surface area (Å²) in [6.45, 7) is 0.930. The molecule has 1 rings (SSSR count). The van der Waals surface area contributed by atoms with E-state index in [1.54, 1.807) is 0 Å². The normalized spacial score (nSPS) is 24.8. The average Bonchev–Trinajstić information content (AvgIpc) is 2.70. The molecule has 0 heterocycles. The summed E-state index contributed by atoms with van der Waals surface area (Å²) >= 11 is 0. The maximum atomic E-state index is 11.3. The predicted molar refractivity (Wildman–Crippen MR) is 59.0 cm³/mol. The summed E-state index contributed by atoms with van der Waals surface area (Å²) in [4.78, 5) is 11.3. The Bertz CT molecular complexity index is 244. The van der Waals surface area contributed by atoms with Crippen molar-refractivity contribution in [2.45, 2.75) is 32.1 Å². The summed E-state index contributed by atoms with van der Waals surface area (Å²) < 4.78 is 0. The molecule has 84 valence electrons. The van der Waals surface area contributed by atoms with E-state index in [1.165, 1.54) is 0 Å². The fourth-order valence-electron chi connectivity index (χ4n) is 2.14. The van der Waals surface area contributed by atoms with Crippen LogP contribution in [-0.2, 0) is 4.79 Å². The van der Waals surface area contributed by atoms with Gasteiger partial charge in [-0.2, -0.15) is 0 Å². The van der Waals surface area contributed by atoms with Gasteiger partial charge in [0.25, 0.3) is 0 Å². The number of aliphatic hydroxyl groups is 1. The topological polar surface area (TPSA) is 49.3 Å². The van der Waals surface area contributed by atoms with Crippen LogP contribution in [0.15, 0.2) is 0 Å². The van der Waals surface area contributed by atoms with Gasteiger partial charge in [0.1, 0.15) is 0 Å². The van der Waals surface area contributed by atoms with Crippen molar-refractivity contribution < 1.29 is 9.90 Å². The molecule has 0 aromatic rings. The molecule has 2 N–H and O–H groups in total. The second-order valence-corrected chi connectivity index (χ2v) is 4.14. The highest BCUT2D eigenvalue weighted by Crippen LogP contribution is 2.30. The molecule has 0 aromatic heterocycles. The number of terminal acetylenes is 1. The molecule has 0 aromatic carbocycles. The first kappa shape index (κ1) is 12.1. The van der Waals surface area contributed by atoms with Gasteiger partial charge in [0.05, 0.1) is 0 Å². The number of carbonyl (C=O) groups excluding carboxylic acids is 1. The number of nitrogens with one attached hydrogen (secondary N) is 1. The predicted octanol–water partition coefficient (Wildman–Crippen LogP) is 0.925. The molecule has 1 fully saturated rings. The first-order valence-electron chi connectivity index (χ1n) is 5.59. The van der Waals surface area contributed by atoms with Gasteiger partial charge in [0.2, 0.25) is 5.91 Å². The van der Waals surface area contributed by atoms with Gasteiger partial charge < -0.3 is 10.4 Å². The molecule has 1 amide bonds. The van der Waals surface area contributed by atoms with Crippen LogP contribution in [0, 0.1) is 24.2 Å². The van der Waals surface area contributed by atoms with Crippen LogP contribution in [0.3, 0.4) is 0 Å². The van der Waals surface area contributed by atoms with Crippen LogP contribution in [-0.4, -0.2) is 24.2 Å². The van der Waals surface area contributed by atoms with Crippen LogP contribution in [0.25, 0.3) is 0 Å². The molecular formula is C12H19NO2. The van der Waals surface area contributed by atoms with Gasteiger partial charge in [0.15, 0.2) is 0 Å². The van der Waals surface area contributed by atoms with E-state index in [0.29, 0.717) is 31.2 Å². The van der Waals surface area contributed by atoms with E-state index in [1.807, 2.05) is 0 Å². The Kier molecular flexibility index (Phi) is 5.20. The molecule has 0 spiro atoms. The second kappa shape index (κ2) is 6.47. The van der Waals surface area contributed by atoms with Crippen LogP contribution in [0.1, 0.15) is 32.1 Å². The molecule has 2 atom stereocenters. The summed E-state index contributed by atoms with van der Waals surface area (Å²) in [6.07, 6.45) is 9.34. The minimum absolute atomic E-state index is 0.0246. The van der Waals surface area contributed by atoms with Gasteiger partial charge >= 0.3 is 0 Å². The monoisotopic (exact) mass is 209 g/mol. The summed E-state index contributed by atoms with van der Waals surface area (Å²) in [5.41, 5.74) is 0. The van der Waals surface area contributed by atoms with Crippen molar-refractivity contribution >= 4 is 5.91 Å². The largest absolute Gasteiger partial charge is 0.396 e.